The molecule has 6 heteroatoms. The highest BCUT2D eigenvalue weighted by Gasteiger charge is 2.13. The molecule has 0 spiro atoms. The molecule has 0 bridgehead atoms. The number of thiazole rings is 1. The molecular weight excluding hydrogens is 278 g/mol. The van der Waals surface area contributed by atoms with E-state index in [0.717, 1.165) is 15.6 Å². The van der Waals surface area contributed by atoms with Crippen molar-refractivity contribution in [2.75, 3.05) is 11.6 Å². The normalized spacial score (nSPS) is 12.2. The van der Waals surface area contributed by atoms with E-state index in [0.29, 0.717) is 5.69 Å². The molecule has 0 saturated heterocycles. The van der Waals surface area contributed by atoms with Gasteiger partial charge >= 0.3 is 0 Å². The van der Waals surface area contributed by atoms with Gasteiger partial charge in [0.2, 0.25) is 0 Å². The maximum absolute atomic E-state index is 12.1. The van der Waals surface area contributed by atoms with Gasteiger partial charge in [-0.25, -0.2) is 4.98 Å². The number of carbonyl (C=O) groups excluding carboxylic acids is 1. The molecule has 0 aliphatic heterocycles. The molecule has 0 aliphatic carbocycles. The molecule has 1 aromatic carbocycles. The van der Waals surface area contributed by atoms with Crippen molar-refractivity contribution in [1.29, 1.82) is 0 Å². The molecule has 0 aliphatic rings. The number of anilines is 1. The highest BCUT2D eigenvalue weighted by Crippen LogP contribution is 2.25. The Labute approximate surface area is 120 Å². The minimum Gasteiger partial charge on any atom is -0.322 e. The SMILES string of the molecule is CSc1ccccc1NC(=O)c1csc(C(C)N)n1. The second kappa shape index (κ2) is 6.18. The molecule has 0 fully saturated rings. The molecule has 1 heterocycles. The van der Waals surface area contributed by atoms with Gasteiger partial charge in [0.05, 0.1) is 11.7 Å². The van der Waals surface area contributed by atoms with Crippen molar-refractivity contribution in [3.05, 3.63) is 40.3 Å². The van der Waals surface area contributed by atoms with Crippen molar-refractivity contribution in [3.63, 3.8) is 0 Å². The zero-order valence-electron chi connectivity index (χ0n) is 10.7. The largest absolute Gasteiger partial charge is 0.322 e. The second-order valence-electron chi connectivity index (χ2n) is 4.01. The molecule has 2 rings (SSSR count). The summed E-state index contributed by atoms with van der Waals surface area (Å²) in [7, 11) is 0. The molecule has 1 aromatic heterocycles. The molecule has 1 amide bonds. The van der Waals surface area contributed by atoms with Crippen LogP contribution in [0, 0.1) is 0 Å². The Hall–Kier alpha value is -1.37. The van der Waals surface area contributed by atoms with Crippen LogP contribution in [0.25, 0.3) is 0 Å². The quantitative estimate of drug-likeness (QED) is 0.850. The standard InChI is InChI=1S/C13H15N3OS2/c1-8(14)13-16-10(7-19-13)12(17)15-9-5-3-4-6-11(9)18-2/h3-8H,14H2,1-2H3,(H,15,17). The van der Waals surface area contributed by atoms with Gasteiger partial charge in [-0.2, -0.15) is 0 Å². The Morgan fingerprint density at radius 2 is 2.21 bits per heavy atom. The van der Waals surface area contributed by atoms with Crippen LogP contribution in [0.15, 0.2) is 34.5 Å². The van der Waals surface area contributed by atoms with Gasteiger partial charge in [0.15, 0.2) is 0 Å². The number of carbonyl (C=O) groups is 1. The fourth-order valence-corrected chi connectivity index (χ4v) is 2.85. The molecule has 4 nitrogen and oxygen atoms in total. The van der Waals surface area contributed by atoms with Crippen LogP contribution in [-0.4, -0.2) is 17.1 Å². The molecule has 1 atom stereocenters. The van der Waals surface area contributed by atoms with Crippen molar-refractivity contribution in [1.82, 2.24) is 4.98 Å². The average Bonchev–Trinajstić information content (AvgIpc) is 2.89. The lowest BCUT2D eigenvalue weighted by atomic mass is 10.3. The van der Waals surface area contributed by atoms with Crippen LogP contribution in [0.1, 0.15) is 28.5 Å². The molecule has 19 heavy (non-hydrogen) atoms. The van der Waals surface area contributed by atoms with Crippen LogP contribution < -0.4 is 11.1 Å². The average molecular weight is 293 g/mol. The van der Waals surface area contributed by atoms with Crippen LogP contribution >= 0.6 is 23.1 Å². The summed E-state index contributed by atoms with van der Waals surface area (Å²) in [5.41, 5.74) is 6.95. The van der Waals surface area contributed by atoms with Crippen LogP contribution in [0.3, 0.4) is 0 Å². The highest BCUT2D eigenvalue weighted by molar-refractivity contribution is 7.98. The molecule has 1 unspecified atom stereocenters. The molecule has 0 saturated carbocycles. The van der Waals surface area contributed by atoms with Crippen LogP contribution in [0.2, 0.25) is 0 Å². The molecule has 100 valence electrons. The van der Waals surface area contributed by atoms with Crippen LogP contribution in [0.4, 0.5) is 5.69 Å². The fourth-order valence-electron chi connectivity index (χ4n) is 1.54. The van der Waals surface area contributed by atoms with E-state index in [9.17, 15) is 4.79 Å². The molecular formula is C13H15N3OS2. The molecule has 0 radical (unpaired) electrons. The molecule has 3 N–H and O–H groups in total. The van der Waals surface area contributed by atoms with Gasteiger partial charge in [-0.15, -0.1) is 23.1 Å². The number of thioether (sulfide) groups is 1. The van der Waals surface area contributed by atoms with E-state index < -0.39 is 0 Å². The minimum atomic E-state index is -0.204. The number of nitrogens with one attached hydrogen (secondary N) is 1. The van der Waals surface area contributed by atoms with E-state index in [4.69, 9.17) is 5.73 Å². The van der Waals surface area contributed by atoms with E-state index in [1.54, 1.807) is 17.1 Å². The maximum Gasteiger partial charge on any atom is 0.275 e. The third kappa shape index (κ3) is 3.34. The molecule has 2 aromatic rings. The minimum absolute atomic E-state index is 0.148. The number of nitrogens with zero attached hydrogens (tertiary/aromatic N) is 1. The number of nitrogens with two attached hydrogens (primary N) is 1. The summed E-state index contributed by atoms with van der Waals surface area (Å²) in [4.78, 5) is 17.4. The number of para-hydroxylation sites is 1. The number of hydrogen-bond acceptors (Lipinski definition) is 5. The third-order valence-electron chi connectivity index (χ3n) is 2.50. The van der Waals surface area contributed by atoms with Gasteiger partial charge in [-0.3, -0.25) is 4.79 Å². The number of hydrogen-bond donors (Lipinski definition) is 2. The summed E-state index contributed by atoms with van der Waals surface area (Å²) in [6.07, 6.45) is 1.97. The van der Waals surface area contributed by atoms with Gasteiger partial charge in [0.1, 0.15) is 10.7 Å². The lowest BCUT2D eigenvalue weighted by Crippen LogP contribution is -2.13. The summed E-state index contributed by atoms with van der Waals surface area (Å²) in [6.45, 7) is 1.85. The Bertz CT molecular complexity index is 581. The Morgan fingerprint density at radius 3 is 2.84 bits per heavy atom. The predicted molar refractivity (Wildman–Crippen MR) is 80.9 cm³/mol. The Balaban J connectivity index is 2.16. The number of benzene rings is 1. The lowest BCUT2D eigenvalue weighted by molar-refractivity contribution is 0.102. The topological polar surface area (TPSA) is 68.0 Å². The number of rotatable bonds is 4. The van der Waals surface area contributed by atoms with Crippen molar-refractivity contribution in [2.45, 2.75) is 17.9 Å². The van der Waals surface area contributed by atoms with Crippen LogP contribution in [-0.2, 0) is 0 Å². The van der Waals surface area contributed by atoms with E-state index in [2.05, 4.69) is 10.3 Å². The maximum atomic E-state index is 12.1. The smallest absolute Gasteiger partial charge is 0.275 e. The highest BCUT2D eigenvalue weighted by atomic mass is 32.2. The Morgan fingerprint density at radius 1 is 1.47 bits per heavy atom. The fraction of sp³-hybridized carbons (Fsp3) is 0.231. The van der Waals surface area contributed by atoms with E-state index >= 15 is 0 Å². The summed E-state index contributed by atoms with van der Waals surface area (Å²) in [5.74, 6) is -0.204. The van der Waals surface area contributed by atoms with Crippen LogP contribution in [0.5, 0.6) is 0 Å². The zero-order chi connectivity index (χ0) is 13.8. The van der Waals surface area contributed by atoms with Gasteiger partial charge in [-0.1, -0.05) is 12.1 Å². The first-order valence-electron chi connectivity index (χ1n) is 5.77. The zero-order valence-corrected chi connectivity index (χ0v) is 12.3. The third-order valence-corrected chi connectivity index (χ3v) is 4.34. The van der Waals surface area contributed by atoms with Crippen molar-refractivity contribution in [3.8, 4) is 0 Å². The van der Waals surface area contributed by atoms with Gasteiger partial charge in [0, 0.05) is 10.3 Å². The van der Waals surface area contributed by atoms with Gasteiger partial charge in [-0.05, 0) is 25.3 Å². The lowest BCUT2D eigenvalue weighted by Gasteiger charge is -2.07. The van der Waals surface area contributed by atoms with Gasteiger partial charge < -0.3 is 11.1 Å². The predicted octanol–water partition coefficient (Wildman–Crippen LogP) is 3.14. The van der Waals surface area contributed by atoms with E-state index in [1.165, 1.54) is 11.3 Å². The summed E-state index contributed by atoms with van der Waals surface area (Å²) >= 11 is 2.99. The summed E-state index contributed by atoms with van der Waals surface area (Å²) < 4.78 is 0. The van der Waals surface area contributed by atoms with Crippen molar-refractivity contribution in [2.24, 2.45) is 5.73 Å². The van der Waals surface area contributed by atoms with Crippen molar-refractivity contribution < 1.29 is 4.79 Å². The second-order valence-corrected chi connectivity index (χ2v) is 5.75. The summed E-state index contributed by atoms with van der Waals surface area (Å²) in [5, 5.41) is 5.37. The van der Waals surface area contributed by atoms with Gasteiger partial charge in [0.25, 0.3) is 5.91 Å². The van der Waals surface area contributed by atoms with Crippen molar-refractivity contribution >= 4 is 34.7 Å². The first-order valence-corrected chi connectivity index (χ1v) is 7.87. The number of aromatic nitrogens is 1. The van der Waals surface area contributed by atoms with E-state index in [-0.39, 0.29) is 11.9 Å². The van der Waals surface area contributed by atoms with E-state index in [1.807, 2.05) is 37.4 Å². The Kier molecular flexibility index (Phi) is 4.57. The first kappa shape index (κ1) is 14.0. The monoisotopic (exact) mass is 293 g/mol. The number of amides is 1. The summed E-state index contributed by atoms with van der Waals surface area (Å²) in [6, 6.07) is 7.53. The first-order chi connectivity index (χ1) is 9.11.